The Morgan fingerprint density at radius 3 is 2.67 bits per heavy atom. The summed E-state index contributed by atoms with van der Waals surface area (Å²) < 4.78 is 0.866. The normalized spacial score (nSPS) is 12.7. The first-order valence-electron chi connectivity index (χ1n) is 7.32. The van der Waals surface area contributed by atoms with Crippen molar-refractivity contribution in [3.63, 3.8) is 0 Å². The van der Waals surface area contributed by atoms with Crippen LogP contribution in [0.25, 0.3) is 0 Å². The van der Waals surface area contributed by atoms with Gasteiger partial charge in [0.1, 0.15) is 0 Å². The number of thioether (sulfide) groups is 1. The second-order valence-corrected chi connectivity index (χ2v) is 8.66. The Morgan fingerprint density at radius 2 is 2.00 bits per heavy atom. The number of rotatable bonds is 10. The van der Waals surface area contributed by atoms with Crippen molar-refractivity contribution < 1.29 is 0 Å². The van der Waals surface area contributed by atoms with Gasteiger partial charge in [-0.2, -0.15) is 11.8 Å². The predicted molar refractivity (Wildman–Crippen MR) is 100 cm³/mol. The molecule has 1 atom stereocenters. The lowest BCUT2D eigenvalue weighted by atomic mass is 10.1. The molecule has 0 aliphatic heterocycles. The monoisotopic (exact) mass is 359 g/mol. The molecule has 0 saturated carbocycles. The van der Waals surface area contributed by atoms with Crippen LogP contribution in [0.1, 0.15) is 41.5 Å². The molecule has 21 heavy (non-hydrogen) atoms. The molecule has 2 heterocycles. The molecule has 0 radical (unpaired) electrons. The van der Waals surface area contributed by atoms with Crippen LogP contribution in [-0.4, -0.2) is 18.6 Å². The molecule has 0 aliphatic carbocycles. The van der Waals surface area contributed by atoms with Gasteiger partial charge in [-0.1, -0.05) is 30.5 Å². The fourth-order valence-corrected chi connectivity index (χ4v) is 4.79. The molecule has 116 valence electrons. The van der Waals surface area contributed by atoms with E-state index in [1.54, 1.807) is 11.3 Å². The van der Waals surface area contributed by atoms with E-state index in [2.05, 4.69) is 35.2 Å². The van der Waals surface area contributed by atoms with Crippen LogP contribution < -0.4 is 5.32 Å². The van der Waals surface area contributed by atoms with E-state index in [1.165, 1.54) is 41.2 Å². The highest BCUT2D eigenvalue weighted by Gasteiger charge is 2.16. The fraction of sp³-hybridized carbons (Fsp3) is 0.500. The lowest BCUT2D eigenvalue weighted by molar-refractivity contribution is 0.565. The third-order valence-electron chi connectivity index (χ3n) is 3.33. The molecular formula is C16H22ClNS3. The van der Waals surface area contributed by atoms with E-state index in [0.717, 1.165) is 10.9 Å². The van der Waals surface area contributed by atoms with Crippen LogP contribution in [0.5, 0.6) is 0 Å². The second-order valence-electron chi connectivity index (χ2n) is 4.95. The van der Waals surface area contributed by atoms with Crippen LogP contribution >= 0.6 is 46.0 Å². The van der Waals surface area contributed by atoms with Crippen molar-refractivity contribution in [1.29, 1.82) is 0 Å². The Morgan fingerprint density at radius 1 is 1.14 bits per heavy atom. The number of hydrogen-bond donors (Lipinski definition) is 1. The minimum absolute atomic E-state index is 0.300. The summed E-state index contributed by atoms with van der Waals surface area (Å²) in [6, 6.07) is 8.75. The molecule has 2 rings (SSSR count). The fourth-order valence-electron chi connectivity index (χ4n) is 2.25. The average Bonchev–Trinajstić information content (AvgIpc) is 3.14. The number of thiophene rings is 2. The average molecular weight is 360 g/mol. The molecule has 0 aliphatic rings. The maximum atomic E-state index is 6.09. The van der Waals surface area contributed by atoms with E-state index < -0.39 is 0 Å². The van der Waals surface area contributed by atoms with Gasteiger partial charge in [-0.05, 0) is 55.0 Å². The summed E-state index contributed by atoms with van der Waals surface area (Å²) >= 11 is 11.5. The molecule has 0 bridgehead atoms. The van der Waals surface area contributed by atoms with Crippen molar-refractivity contribution in [3.8, 4) is 0 Å². The van der Waals surface area contributed by atoms with Crippen LogP contribution in [0.4, 0.5) is 0 Å². The van der Waals surface area contributed by atoms with Crippen molar-refractivity contribution in [2.75, 3.05) is 18.6 Å². The zero-order valence-corrected chi connectivity index (χ0v) is 15.5. The Bertz CT molecular complexity index is 495. The Hall–Kier alpha value is -0.0000000000000000278. The molecule has 2 aromatic rings. The summed E-state index contributed by atoms with van der Waals surface area (Å²) in [7, 11) is 0. The van der Waals surface area contributed by atoms with E-state index in [1.807, 2.05) is 29.2 Å². The molecule has 0 aromatic carbocycles. The van der Waals surface area contributed by atoms with Gasteiger partial charge in [0.2, 0.25) is 0 Å². The molecule has 0 amide bonds. The first-order valence-corrected chi connectivity index (χ1v) is 10.8. The first kappa shape index (κ1) is 17.4. The summed E-state index contributed by atoms with van der Waals surface area (Å²) in [6.45, 7) is 1.07. The third-order valence-corrected chi connectivity index (χ3v) is 6.26. The van der Waals surface area contributed by atoms with Gasteiger partial charge in [0.25, 0.3) is 0 Å². The minimum atomic E-state index is 0.300. The standard InChI is InChI=1S/C16H22ClNS3/c1-19-11-5-3-2-4-10-18-16(13-7-6-12-20-13)14-8-9-15(17)21-14/h6-9,12,16,18H,2-5,10-11H2,1H3. The van der Waals surface area contributed by atoms with Gasteiger partial charge in [-0.15, -0.1) is 22.7 Å². The summed E-state index contributed by atoms with van der Waals surface area (Å²) in [6.07, 6.45) is 7.43. The highest BCUT2D eigenvalue weighted by Crippen LogP contribution is 2.33. The van der Waals surface area contributed by atoms with Crippen LogP contribution in [0.3, 0.4) is 0 Å². The van der Waals surface area contributed by atoms with E-state index in [-0.39, 0.29) is 0 Å². The zero-order valence-electron chi connectivity index (χ0n) is 12.3. The lowest BCUT2D eigenvalue weighted by Crippen LogP contribution is -2.22. The number of unbranched alkanes of at least 4 members (excludes halogenated alkanes) is 3. The number of hydrogen-bond acceptors (Lipinski definition) is 4. The molecule has 1 nitrogen and oxygen atoms in total. The van der Waals surface area contributed by atoms with Crippen molar-refractivity contribution in [3.05, 3.63) is 43.7 Å². The molecule has 0 saturated heterocycles. The van der Waals surface area contributed by atoms with Crippen molar-refractivity contribution in [1.82, 2.24) is 5.32 Å². The molecule has 1 unspecified atom stereocenters. The molecule has 0 fully saturated rings. The van der Waals surface area contributed by atoms with Crippen LogP contribution in [0.2, 0.25) is 4.34 Å². The van der Waals surface area contributed by atoms with Gasteiger partial charge in [-0.25, -0.2) is 0 Å². The van der Waals surface area contributed by atoms with Crippen molar-refractivity contribution >= 4 is 46.0 Å². The summed E-state index contributed by atoms with van der Waals surface area (Å²) in [4.78, 5) is 2.68. The smallest absolute Gasteiger partial charge is 0.0931 e. The van der Waals surface area contributed by atoms with E-state index in [9.17, 15) is 0 Å². The van der Waals surface area contributed by atoms with E-state index in [0.29, 0.717) is 6.04 Å². The SMILES string of the molecule is CSCCCCCCNC(c1cccs1)c1ccc(Cl)s1. The summed E-state index contributed by atoms with van der Waals surface area (Å²) in [5.74, 6) is 1.29. The second kappa shape index (κ2) is 9.90. The van der Waals surface area contributed by atoms with Gasteiger partial charge < -0.3 is 5.32 Å². The topological polar surface area (TPSA) is 12.0 Å². The molecular weight excluding hydrogens is 338 g/mol. The van der Waals surface area contributed by atoms with Gasteiger partial charge in [0.15, 0.2) is 0 Å². The maximum absolute atomic E-state index is 6.09. The largest absolute Gasteiger partial charge is 0.305 e. The van der Waals surface area contributed by atoms with Gasteiger partial charge >= 0.3 is 0 Å². The predicted octanol–water partition coefficient (Wildman–Crippen LogP) is 6.07. The molecule has 5 heteroatoms. The van der Waals surface area contributed by atoms with Crippen LogP contribution in [-0.2, 0) is 0 Å². The summed E-state index contributed by atoms with van der Waals surface area (Å²) in [5.41, 5.74) is 0. The number of halogens is 1. The Labute approximate surface area is 145 Å². The maximum Gasteiger partial charge on any atom is 0.0931 e. The first-order chi connectivity index (χ1) is 10.3. The Balaban J connectivity index is 1.81. The van der Waals surface area contributed by atoms with E-state index >= 15 is 0 Å². The number of nitrogens with one attached hydrogen (secondary N) is 1. The molecule has 1 N–H and O–H groups in total. The molecule has 2 aromatic heterocycles. The lowest BCUT2D eigenvalue weighted by Gasteiger charge is -2.16. The van der Waals surface area contributed by atoms with Crippen molar-refractivity contribution in [2.45, 2.75) is 31.7 Å². The van der Waals surface area contributed by atoms with Gasteiger partial charge in [0.05, 0.1) is 10.4 Å². The van der Waals surface area contributed by atoms with Crippen LogP contribution in [0, 0.1) is 0 Å². The highest BCUT2D eigenvalue weighted by atomic mass is 35.5. The van der Waals surface area contributed by atoms with Gasteiger partial charge in [-0.3, -0.25) is 0 Å². The van der Waals surface area contributed by atoms with Crippen molar-refractivity contribution in [2.24, 2.45) is 0 Å². The van der Waals surface area contributed by atoms with Crippen LogP contribution in [0.15, 0.2) is 29.6 Å². The quantitative estimate of drug-likeness (QED) is 0.517. The van der Waals surface area contributed by atoms with Gasteiger partial charge in [0, 0.05) is 9.75 Å². The summed E-state index contributed by atoms with van der Waals surface area (Å²) in [5, 5.41) is 5.84. The third kappa shape index (κ3) is 5.95. The highest BCUT2D eigenvalue weighted by molar-refractivity contribution is 7.98. The van der Waals surface area contributed by atoms with E-state index in [4.69, 9.17) is 11.6 Å². The Kier molecular flexibility index (Phi) is 8.19. The minimum Gasteiger partial charge on any atom is -0.305 e. The zero-order chi connectivity index (χ0) is 14.9. The molecule has 0 spiro atoms.